The van der Waals surface area contributed by atoms with Gasteiger partial charge in [0.25, 0.3) is 0 Å². The van der Waals surface area contributed by atoms with Crippen LogP contribution in [-0.2, 0) is 5.41 Å². The van der Waals surface area contributed by atoms with Gasteiger partial charge in [-0.15, -0.1) is 0 Å². The molecule has 0 saturated carbocycles. The molecule has 1 aromatic rings. The lowest BCUT2D eigenvalue weighted by Gasteiger charge is -2.38. The number of hydrogen-bond donors (Lipinski definition) is 0. The summed E-state index contributed by atoms with van der Waals surface area (Å²) in [5.74, 6) is 1.55. The minimum Gasteiger partial charge on any atom is -0.355 e. The first kappa shape index (κ1) is 16.8. The van der Waals surface area contributed by atoms with Crippen LogP contribution in [0.1, 0.15) is 58.9 Å². The largest absolute Gasteiger partial charge is 0.355 e. The Labute approximate surface area is 142 Å². The third-order valence-corrected chi connectivity index (χ3v) is 5.98. The van der Waals surface area contributed by atoms with Gasteiger partial charge in [-0.1, -0.05) is 45.9 Å². The van der Waals surface area contributed by atoms with E-state index in [1.54, 1.807) is 5.56 Å². The zero-order chi connectivity index (χ0) is 16.6. The van der Waals surface area contributed by atoms with Crippen molar-refractivity contribution in [3.63, 3.8) is 0 Å². The van der Waals surface area contributed by atoms with Crippen LogP contribution in [0.25, 0.3) is 0 Å². The van der Waals surface area contributed by atoms with Gasteiger partial charge in [0.15, 0.2) is 0 Å². The fourth-order valence-corrected chi connectivity index (χ4v) is 4.71. The second kappa shape index (κ2) is 6.47. The summed E-state index contributed by atoms with van der Waals surface area (Å²) >= 11 is 0. The number of para-hydroxylation sites is 1. The van der Waals surface area contributed by atoms with Gasteiger partial charge in [-0.3, -0.25) is 4.90 Å². The van der Waals surface area contributed by atoms with Crippen molar-refractivity contribution in [3.8, 4) is 0 Å². The van der Waals surface area contributed by atoms with Gasteiger partial charge in [0.05, 0.1) is 6.17 Å². The molecule has 0 radical (unpaired) electrons. The highest BCUT2D eigenvalue weighted by Gasteiger charge is 2.55. The zero-order valence-corrected chi connectivity index (χ0v) is 15.7. The summed E-state index contributed by atoms with van der Waals surface area (Å²) in [4.78, 5) is 5.34. The van der Waals surface area contributed by atoms with E-state index in [1.807, 2.05) is 0 Å². The van der Waals surface area contributed by atoms with E-state index in [1.165, 1.54) is 44.5 Å². The van der Waals surface area contributed by atoms with Crippen molar-refractivity contribution in [1.82, 2.24) is 4.90 Å². The maximum Gasteiger partial charge on any atom is 0.0917 e. The van der Waals surface area contributed by atoms with Crippen molar-refractivity contribution in [1.29, 1.82) is 0 Å². The summed E-state index contributed by atoms with van der Waals surface area (Å²) in [7, 11) is 2.33. The van der Waals surface area contributed by atoms with Crippen molar-refractivity contribution in [3.05, 3.63) is 29.8 Å². The standard InChI is InChI=1S/C21H34N2/c1-16(2)10-12-21-13-15-22(5)20(21)23(14-11-17(3)4)19-9-7-6-8-18(19)21/h6-9,16-17,20H,10-15H2,1-5H3. The molecular weight excluding hydrogens is 280 g/mol. The molecule has 2 heteroatoms. The molecule has 0 bridgehead atoms. The molecule has 2 aliphatic heterocycles. The van der Waals surface area contributed by atoms with Crippen molar-refractivity contribution >= 4 is 5.69 Å². The van der Waals surface area contributed by atoms with E-state index in [2.05, 4.69) is 68.8 Å². The Morgan fingerprint density at radius 2 is 1.78 bits per heavy atom. The molecule has 2 aliphatic rings. The highest BCUT2D eigenvalue weighted by Crippen LogP contribution is 2.54. The van der Waals surface area contributed by atoms with Gasteiger partial charge >= 0.3 is 0 Å². The zero-order valence-electron chi connectivity index (χ0n) is 15.7. The maximum atomic E-state index is 2.72. The molecule has 0 N–H and O–H groups in total. The number of fused-ring (bicyclic) bond motifs is 3. The van der Waals surface area contributed by atoms with Crippen LogP contribution in [0.4, 0.5) is 5.69 Å². The molecule has 1 fully saturated rings. The van der Waals surface area contributed by atoms with E-state index in [4.69, 9.17) is 0 Å². The molecule has 0 spiro atoms. The molecule has 0 amide bonds. The normalized spacial score (nSPS) is 27.1. The molecule has 23 heavy (non-hydrogen) atoms. The van der Waals surface area contributed by atoms with E-state index in [0.717, 1.165) is 11.8 Å². The first-order valence-corrected chi connectivity index (χ1v) is 9.52. The summed E-state index contributed by atoms with van der Waals surface area (Å²) in [6, 6.07) is 9.24. The minimum absolute atomic E-state index is 0.354. The number of anilines is 1. The summed E-state index contributed by atoms with van der Waals surface area (Å²) in [5.41, 5.74) is 3.49. The lowest BCUT2D eigenvalue weighted by Crippen LogP contribution is -2.49. The van der Waals surface area contributed by atoms with Crippen LogP contribution >= 0.6 is 0 Å². The van der Waals surface area contributed by atoms with Gasteiger partial charge in [-0.25, -0.2) is 0 Å². The van der Waals surface area contributed by atoms with Crippen LogP contribution in [0.15, 0.2) is 24.3 Å². The molecule has 3 rings (SSSR count). The average molecular weight is 315 g/mol. The molecule has 2 unspecified atom stereocenters. The molecule has 2 atom stereocenters. The summed E-state index contributed by atoms with van der Waals surface area (Å²) in [6.07, 6.45) is 5.82. The number of hydrogen-bond acceptors (Lipinski definition) is 2. The van der Waals surface area contributed by atoms with Crippen molar-refractivity contribution < 1.29 is 0 Å². The van der Waals surface area contributed by atoms with Gasteiger partial charge in [-0.2, -0.15) is 0 Å². The molecule has 0 aliphatic carbocycles. The van der Waals surface area contributed by atoms with Gasteiger partial charge in [0, 0.05) is 24.2 Å². The number of likely N-dealkylation sites (tertiary alicyclic amines) is 1. The number of rotatable bonds is 6. The highest BCUT2D eigenvalue weighted by molar-refractivity contribution is 5.65. The van der Waals surface area contributed by atoms with Crippen LogP contribution in [0.5, 0.6) is 0 Å². The van der Waals surface area contributed by atoms with E-state index in [-0.39, 0.29) is 0 Å². The van der Waals surface area contributed by atoms with Crippen LogP contribution in [0.2, 0.25) is 0 Å². The van der Waals surface area contributed by atoms with Crippen molar-refractivity contribution in [2.24, 2.45) is 11.8 Å². The maximum absolute atomic E-state index is 2.72. The summed E-state index contributed by atoms with van der Waals surface area (Å²) in [6.45, 7) is 11.8. The molecule has 2 nitrogen and oxygen atoms in total. The Bertz CT molecular complexity index is 536. The quantitative estimate of drug-likeness (QED) is 0.738. The Hall–Kier alpha value is -1.02. The van der Waals surface area contributed by atoms with Crippen LogP contribution < -0.4 is 4.90 Å². The van der Waals surface area contributed by atoms with Crippen LogP contribution in [0.3, 0.4) is 0 Å². The predicted molar refractivity (Wildman–Crippen MR) is 100 cm³/mol. The summed E-state index contributed by atoms with van der Waals surface area (Å²) < 4.78 is 0. The number of nitrogens with zero attached hydrogens (tertiary/aromatic N) is 2. The topological polar surface area (TPSA) is 6.48 Å². The number of benzene rings is 1. The van der Waals surface area contributed by atoms with Crippen molar-refractivity contribution in [2.45, 2.75) is 65.0 Å². The number of likely N-dealkylation sites (N-methyl/N-ethyl adjacent to an activating group) is 1. The molecule has 2 heterocycles. The lowest BCUT2D eigenvalue weighted by atomic mass is 9.74. The highest BCUT2D eigenvalue weighted by atomic mass is 15.4. The SMILES string of the molecule is CC(C)CCN1c2ccccc2C2(CCC(C)C)CCN(C)C12. The van der Waals surface area contributed by atoms with Gasteiger partial charge < -0.3 is 4.90 Å². The summed E-state index contributed by atoms with van der Waals surface area (Å²) in [5, 5.41) is 0. The lowest BCUT2D eigenvalue weighted by molar-refractivity contribution is 0.231. The average Bonchev–Trinajstić information content (AvgIpc) is 2.98. The van der Waals surface area contributed by atoms with Gasteiger partial charge in [0.2, 0.25) is 0 Å². The Balaban J connectivity index is 1.97. The third kappa shape index (κ3) is 2.91. The third-order valence-electron chi connectivity index (χ3n) is 5.98. The molecule has 0 aromatic heterocycles. The van der Waals surface area contributed by atoms with E-state index >= 15 is 0 Å². The second-order valence-electron chi connectivity index (χ2n) is 8.59. The van der Waals surface area contributed by atoms with Gasteiger partial charge in [0.1, 0.15) is 0 Å². The second-order valence-corrected chi connectivity index (χ2v) is 8.59. The van der Waals surface area contributed by atoms with E-state index < -0.39 is 0 Å². The minimum atomic E-state index is 0.354. The molecule has 128 valence electrons. The molecule has 1 saturated heterocycles. The van der Waals surface area contributed by atoms with E-state index in [9.17, 15) is 0 Å². The fourth-order valence-electron chi connectivity index (χ4n) is 4.71. The smallest absolute Gasteiger partial charge is 0.0917 e. The predicted octanol–water partition coefficient (Wildman–Crippen LogP) is 4.89. The van der Waals surface area contributed by atoms with E-state index in [0.29, 0.717) is 11.6 Å². The first-order chi connectivity index (χ1) is 11.0. The van der Waals surface area contributed by atoms with Crippen molar-refractivity contribution in [2.75, 3.05) is 25.0 Å². The first-order valence-electron chi connectivity index (χ1n) is 9.52. The van der Waals surface area contributed by atoms with Gasteiger partial charge in [-0.05, 0) is 56.2 Å². The monoisotopic (exact) mass is 314 g/mol. The molecule has 1 aromatic carbocycles. The Kier molecular flexibility index (Phi) is 4.73. The van der Waals surface area contributed by atoms with Crippen LogP contribution in [0, 0.1) is 11.8 Å². The van der Waals surface area contributed by atoms with Crippen LogP contribution in [-0.4, -0.2) is 31.2 Å². The Morgan fingerprint density at radius 1 is 1.09 bits per heavy atom. The molecular formula is C21H34N2. The Morgan fingerprint density at radius 3 is 2.48 bits per heavy atom. The fraction of sp³-hybridized carbons (Fsp3) is 0.714.